The van der Waals surface area contributed by atoms with Crippen molar-refractivity contribution in [2.24, 2.45) is 5.92 Å². The van der Waals surface area contributed by atoms with Gasteiger partial charge in [0.25, 0.3) is 0 Å². The summed E-state index contributed by atoms with van der Waals surface area (Å²) in [6, 6.07) is 5.20. The normalized spacial score (nSPS) is 20.6. The van der Waals surface area contributed by atoms with Gasteiger partial charge in [0.1, 0.15) is 18.0 Å². The molecule has 1 fully saturated rings. The van der Waals surface area contributed by atoms with Gasteiger partial charge in [0.2, 0.25) is 0 Å². The second kappa shape index (κ2) is 8.03. The standard InChI is InChI=1S/C17H20ClFN4S/c1-11-2-4-12(5-3-11)22-15-9-14(19)16(8-13(15)18)24-23-17-6-7-20-10-21-17/h6-12,22H,2-5H2,1H3,(H,20,21,23). The Balaban J connectivity index is 1.64. The molecule has 4 nitrogen and oxygen atoms in total. The summed E-state index contributed by atoms with van der Waals surface area (Å²) >= 11 is 7.48. The zero-order chi connectivity index (χ0) is 16.9. The first-order valence-corrected chi connectivity index (χ1v) is 9.25. The Bertz CT molecular complexity index is 678. The minimum Gasteiger partial charge on any atom is -0.381 e. The van der Waals surface area contributed by atoms with E-state index in [2.05, 4.69) is 26.9 Å². The van der Waals surface area contributed by atoms with Crippen LogP contribution in [0, 0.1) is 11.7 Å². The van der Waals surface area contributed by atoms with Crippen molar-refractivity contribution in [1.82, 2.24) is 9.97 Å². The molecule has 1 saturated carbocycles. The summed E-state index contributed by atoms with van der Waals surface area (Å²) in [6.45, 7) is 2.28. The first-order chi connectivity index (χ1) is 11.6. The average Bonchev–Trinajstić information content (AvgIpc) is 2.59. The summed E-state index contributed by atoms with van der Waals surface area (Å²) < 4.78 is 17.3. The molecule has 0 amide bonds. The van der Waals surface area contributed by atoms with Gasteiger partial charge in [-0.15, -0.1) is 0 Å². The first kappa shape index (κ1) is 17.3. The molecule has 1 aliphatic rings. The molecule has 2 aromatic rings. The molecule has 0 atom stereocenters. The van der Waals surface area contributed by atoms with Crippen LogP contribution in [0.1, 0.15) is 32.6 Å². The van der Waals surface area contributed by atoms with Gasteiger partial charge in [-0.05, 0) is 61.7 Å². The number of anilines is 2. The highest BCUT2D eigenvalue weighted by atomic mass is 35.5. The number of nitrogens with one attached hydrogen (secondary N) is 2. The van der Waals surface area contributed by atoms with Crippen LogP contribution in [-0.2, 0) is 0 Å². The molecule has 24 heavy (non-hydrogen) atoms. The summed E-state index contributed by atoms with van der Waals surface area (Å²) in [6.07, 6.45) is 7.67. The number of rotatable bonds is 5. The summed E-state index contributed by atoms with van der Waals surface area (Å²) in [5, 5.41) is 3.92. The molecule has 3 rings (SSSR count). The maximum atomic E-state index is 14.4. The maximum absolute atomic E-state index is 14.4. The van der Waals surface area contributed by atoms with E-state index in [9.17, 15) is 4.39 Å². The lowest BCUT2D eigenvalue weighted by atomic mass is 9.87. The smallest absolute Gasteiger partial charge is 0.140 e. The largest absolute Gasteiger partial charge is 0.381 e. The minimum absolute atomic E-state index is 0.308. The van der Waals surface area contributed by atoms with E-state index < -0.39 is 0 Å². The number of hydrogen-bond acceptors (Lipinski definition) is 5. The fraction of sp³-hybridized carbons (Fsp3) is 0.412. The van der Waals surface area contributed by atoms with E-state index in [1.165, 1.54) is 25.2 Å². The molecular weight excluding hydrogens is 347 g/mol. The zero-order valence-electron chi connectivity index (χ0n) is 13.4. The molecule has 1 aliphatic carbocycles. The SMILES string of the molecule is CC1CCC(Nc2cc(F)c(SNc3ccncn3)cc2Cl)CC1. The van der Waals surface area contributed by atoms with Crippen LogP contribution in [-0.4, -0.2) is 16.0 Å². The fourth-order valence-corrected chi connectivity index (χ4v) is 3.75. The van der Waals surface area contributed by atoms with Crippen molar-refractivity contribution in [2.75, 3.05) is 10.0 Å². The Labute approximate surface area is 150 Å². The van der Waals surface area contributed by atoms with Crippen molar-refractivity contribution >= 4 is 35.1 Å². The van der Waals surface area contributed by atoms with Gasteiger partial charge in [0.15, 0.2) is 0 Å². The van der Waals surface area contributed by atoms with E-state index in [4.69, 9.17) is 11.6 Å². The minimum atomic E-state index is -0.308. The Morgan fingerprint density at radius 3 is 2.75 bits per heavy atom. The lowest BCUT2D eigenvalue weighted by molar-refractivity contribution is 0.361. The lowest BCUT2D eigenvalue weighted by Gasteiger charge is -2.28. The predicted molar refractivity (Wildman–Crippen MR) is 98.0 cm³/mol. The molecule has 128 valence electrons. The molecule has 0 spiro atoms. The van der Waals surface area contributed by atoms with Gasteiger partial charge in [0.05, 0.1) is 15.6 Å². The van der Waals surface area contributed by atoms with E-state index in [1.54, 1.807) is 18.3 Å². The highest BCUT2D eigenvalue weighted by Crippen LogP contribution is 2.33. The Morgan fingerprint density at radius 2 is 2.04 bits per heavy atom. The summed E-state index contributed by atoms with van der Waals surface area (Å²) in [5.74, 6) is 1.09. The summed E-state index contributed by atoms with van der Waals surface area (Å²) in [7, 11) is 0. The van der Waals surface area contributed by atoms with Crippen LogP contribution >= 0.6 is 23.5 Å². The molecule has 0 bridgehead atoms. The van der Waals surface area contributed by atoms with E-state index in [0.29, 0.717) is 27.5 Å². The second-order valence-corrected chi connectivity index (χ2v) is 7.42. The zero-order valence-corrected chi connectivity index (χ0v) is 15.0. The van der Waals surface area contributed by atoms with Crippen LogP contribution in [0.4, 0.5) is 15.9 Å². The quantitative estimate of drug-likeness (QED) is 0.696. The van der Waals surface area contributed by atoms with Gasteiger partial charge in [-0.25, -0.2) is 14.4 Å². The molecule has 0 saturated heterocycles. The van der Waals surface area contributed by atoms with Crippen LogP contribution in [0.25, 0.3) is 0 Å². The third-order valence-electron chi connectivity index (χ3n) is 4.24. The van der Waals surface area contributed by atoms with Crippen molar-refractivity contribution < 1.29 is 4.39 Å². The topological polar surface area (TPSA) is 49.8 Å². The number of hydrogen-bond donors (Lipinski definition) is 2. The second-order valence-electron chi connectivity index (χ2n) is 6.16. The first-order valence-electron chi connectivity index (χ1n) is 8.06. The number of aromatic nitrogens is 2. The Morgan fingerprint density at radius 1 is 1.25 bits per heavy atom. The Hall–Kier alpha value is -1.53. The fourth-order valence-electron chi connectivity index (χ4n) is 2.80. The monoisotopic (exact) mass is 366 g/mol. The molecule has 1 aromatic heterocycles. The highest BCUT2D eigenvalue weighted by molar-refractivity contribution is 8.00. The van der Waals surface area contributed by atoms with Gasteiger partial charge < -0.3 is 10.0 Å². The van der Waals surface area contributed by atoms with Crippen molar-refractivity contribution in [3.63, 3.8) is 0 Å². The lowest BCUT2D eigenvalue weighted by Crippen LogP contribution is -2.25. The van der Waals surface area contributed by atoms with E-state index in [-0.39, 0.29) is 5.82 Å². The maximum Gasteiger partial charge on any atom is 0.140 e. The van der Waals surface area contributed by atoms with Crippen molar-refractivity contribution in [2.45, 2.75) is 43.5 Å². The molecule has 0 unspecified atom stereocenters. The summed E-state index contributed by atoms with van der Waals surface area (Å²) in [5.41, 5.74) is 0.667. The molecule has 2 N–H and O–H groups in total. The van der Waals surface area contributed by atoms with Crippen LogP contribution in [0.2, 0.25) is 5.02 Å². The molecule has 7 heteroatoms. The number of halogens is 2. The van der Waals surface area contributed by atoms with Gasteiger partial charge in [-0.1, -0.05) is 18.5 Å². The van der Waals surface area contributed by atoms with Gasteiger partial charge >= 0.3 is 0 Å². The molecule has 0 radical (unpaired) electrons. The van der Waals surface area contributed by atoms with Crippen molar-refractivity contribution in [3.05, 3.63) is 41.6 Å². The van der Waals surface area contributed by atoms with Crippen LogP contribution in [0.15, 0.2) is 35.6 Å². The van der Waals surface area contributed by atoms with Gasteiger partial charge in [-0.2, -0.15) is 0 Å². The predicted octanol–water partition coefficient (Wildman–Crippen LogP) is 5.38. The third-order valence-corrected chi connectivity index (χ3v) is 5.40. The number of benzene rings is 1. The average molecular weight is 367 g/mol. The van der Waals surface area contributed by atoms with Crippen LogP contribution in [0.3, 0.4) is 0 Å². The van der Waals surface area contributed by atoms with Crippen molar-refractivity contribution in [3.8, 4) is 0 Å². The Kier molecular flexibility index (Phi) is 5.79. The van der Waals surface area contributed by atoms with Crippen LogP contribution in [0.5, 0.6) is 0 Å². The number of nitrogens with zero attached hydrogens (tertiary/aromatic N) is 2. The van der Waals surface area contributed by atoms with E-state index >= 15 is 0 Å². The molecular formula is C17H20ClFN4S. The highest BCUT2D eigenvalue weighted by Gasteiger charge is 2.19. The molecule has 1 heterocycles. The van der Waals surface area contributed by atoms with Gasteiger partial charge in [-0.3, -0.25) is 0 Å². The molecule has 1 aromatic carbocycles. The summed E-state index contributed by atoms with van der Waals surface area (Å²) in [4.78, 5) is 8.31. The van der Waals surface area contributed by atoms with E-state index in [1.807, 2.05) is 0 Å². The third kappa shape index (κ3) is 4.51. The van der Waals surface area contributed by atoms with Gasteiger partial charge in [0, 0.05) is 12.2 Å². The van der Waals surface area contributed by atoms with Crippen LogP contribution < -0.4 is 10.0 Å². The van der Waals surface area contributed by atoms with Crippen molar-refractivity contribution in [1.29, 1.82) is 0 Å². The molecule has 0 aliphatic heterocycles. The van der Waals surface area contributed by atoms with E-state index in [0.717, 1.165) is 30.7 Å².